The van der Waals surface area contributed by atoms with Crippen molar-refractivity contribution in [3.63, 3.8) is 0 Å². The number of hydrogen-bond acceptors (Lipinski definition) is 1. The Hall–Kier alpha value is -1.81. The van der Waals surface area contributed by atoms with Crippen molar-refractivity contribution in [2.45, 2.75) is 20.4 Å². The zero-order valence-electron chi connectivity index (χ0n) is 11.5. The molecule has 2 amide bonds. The number of carbonyl (C=O) groups excluding carboxylic acids is 1. The molecule has 0 saturated heterocycles. The fourth-order valence-electron chi connectivity index (χ4n) is 1.81. The molecule has 0 spiro atoms. The summed E-state index contributed by atoms with van der Waals surface area (Å²) in [7, 11) is 0. The number of anilines is 1. The third-order valence-electron chi connectivity index (χ3n) is 3.16. The molecule has 104 valence electrons. The lowest BCUT2D eigenvalue weighted by Gasteiger charge is -2.10. The number of carbonyl (C=O) groups is 1. The van der Waals surface area contributed by atoms with Crippen LogP contribution in [0.5, 0.6) is 0 Å². The summed E-state index contributed by atoms with van der Waals surface area (Å²) in [6.45, 7) is 4.56. The van der Waals surface area contributed by atoms with Crippen molar-refractivity contribution < 1.29 is 4.79 Å². The molecule has 0 unspecified atom stereocenters. The van der Waals surface area contributed by atoms with E-state index in [9.17, 15) is 4.79 Å². The van der Waals surface area contributed by atoms with E-state index in [0.29, 0.717) is 6.54 Å². The highest BCUT2D eigenvalue weighted by Crippen LogP contribution is 2.16. The second-order valence-corrected chi connectivity index (χ2v) is 5.55. The van der Waals surface area contributed by atoms with Crippen molar-refractivity contribution >= 4 is 27.6 Å². The van der Waals surface area contributed by atoms with Gasteiger partial charge in [-0.05, 0) is 48.7 Å². The Morgan fingerprint density at radius 1 is 1.10 bits per heavy atom. The number of aryl methyl sites for hydroxylation is 2. The Morgan fingerprint density at radius 3 is 2.55 bits per heavy atom. The van der Waals surface area contributed by atoms with Crippen LogP contribution >= 0.6 is 15.9 Å². The molecule has 0 heterocycles. The Kier molecular flexibility index (Phi) is 4.79. The molecular weight excluding hydrogens is 316 g/mol. The van der Waals surface area contributed by atoms with E-state index < -0.39 is 0 Å². The normalized spacial score (nSPS) is 10.2. The van der Waals surface area contributed by atoms with Crippen molar-refractivity contribution in [3.8, 4) is 0 Å². The second-order valence-electron chi connectivity index (χ2n) is 4.70. The van der Waals surface area contributed by atoms with Gasteiger partial charge in [0.25, 0.3) is 0 Å². The van der Waals surface area contributed by atoms with Gasteiger partial charge in [-0.1, -0.05) is 40.2 Å². The summed E-state index contributed by atoms with van der Waals surface area (Å²) in [5.41, 5.74) is 4.22. The zero-order chi connectivity index (χ0) is 14.5. The molecule has 4 heteroatoms. The van der Waals surface area contributed by atoms with Crippen molar-refractivity contribution in [2.75, 3.05) is 5.32 Å². The van der Waals surface area contributed by atoms with Gasteiger partial charge in [0.05, 0.1) is 0 Å². The molecule has 0 aliphatic rings. The number of rotatable bonds is 3. The van der Waals surface area contributed by atoms with E-state index in [4.69, 9.17) is 0 Å². The third kappa shape index (κ3) is 3.84. The summed E-state index contributed by atoms with van der Waals surface area (Å²) in [5.74, 6) is 0. The quantitative estimate of drug-likeness (QED) is 0.859. The molecule has 2 N–H and O–H groups in total. The summed E-state index contributed by atoms with van der Waals surface area (Å²) in [6, 6.07) is 13.5. The molecule has 0 saturated carbocycles. The maximum absolute atomic E-state index is 11.9. The van der Waals surface area contributed by atoms with Crippen LogP contribution in [0.4, 0.5) is 10.5 Å². The molecule has 0 fully saturated rings. The highest BCUT2D eigenvalue weighted by atomic mass is 79.9. The van der Waals surface area contributed by atoms with Gasteiger partial charge in [-0.2, -0.15) is 0 Å². The first kappa shape index (κ1) is 14.6. The van der Waals surface area contributed by atoms with Crippen molar-refractivity contribution in [1.82, 2.24) is 5.32 Å². The van der Waals surface area contributed by atoms with Gasteiger partial charge < -0.3 is 10.6 Å². The van der Waals surface area contributed by atoms with Gasteiger partial charge in [0.2, 0.25) is 0 Å². The van der Waals surface area contributed by atoms with Crippen LogP contribution in [0.1, 0.15) is 16.7 Å². The lowest BCUT2D eigenvalue weighted by atomic mass is 10.1. The number of hydrogen-bond donors (Lipinski definition) is 2. The topological polar surface area (TPSA) is 41.1 Å². The molecule has 2 aromatic carbocycles. The van der Waals surface area contributed by atoms with E-state index in [-0.39, 0.29) is 6.03 Å². The zero-order valence-corrected chi connectivity index (χ0v) is 13.1. The smallest absolute Gasteiger partial charge is 0.319 e. The predicted molar refractivity (Wildman–Crippen MR) is 85.9 cm³/mol. The molecule has 0 atom stereocenters. The van der Waals surface area contributed by atoms with Gasteiger partial charge in [0, 0.05) is 16.7 Å². The van der Waals surface area contributed by atoms with Crippen LogP contribution < -0.4 is 10.6 Å². The van der Waals surface area contributed by atoms with Gasteiger partial charge in [0.15, 0.2) is 0 Å². The van der Waals surface area contributed by atoms with Gasteiger partial charge in [0.1, 0.15) is 0 Å². The average molecular weight is 333 g/mol. The van der Waals surface area contributed by atoms with Crippen LogP contribution in [-0.2, 0) is 6.54 Å². The van der Waals surface area contributed by atoms with E-state index in [1.54, 1.807) is 0 Å². The first-order valence-corrected chi connectivity index (χ1v) is 7.21. The minimum absolute atomic E-state index is 0.205. The fourth-order valence-corrected chi connectivity index (χ4v) is 2.24. The van der Waals surface area contributed by atoms with E-state index >= 15 is 0 Å². The second kappa shape index (κ2) is 6.57. The van der Waals surface area contributed by atoms with Crippen LogP contribution in [0.2, 0.25) is 0 Å². The van der Waals surface area contributed by atoms with Crippen molar-refractivity contribution in [2.24, 2.45) is 0 Å². The number of nitrogens with one attached hydrogen (secondary N) is 2. The maximum Gasteiger partial charge on any atom is 0.319 e. The van der Waals surface area contributed by atoms with Gasteiger partial charge in [-0.25, -0.2) is 4.79 Å². The standard InChI is InChI=1S/C16H17BrN2O/c1-11-7-8-14(9-12(11)2)19-16(20)18-10-13-5-3-4-6-15(13)17/h3-9H,10H2,1-2H3,(H2,18,19,20). The monoisotopic (exact) mass is 332 g/mol. The predicted octanol–water partition coefficient (Wildman–Crippen LogP) is 4.39. The highest BCUT2D eigenvalue weighted by molar-refractivity contribution is 9.10. The van der Waals surface area contributed by atoms with E-state index in [1.807, 2.05) is 56.3 Å². The molecule has 0 aliphatic carbocycles. The molecule has 0 aliphatic heterocycles. The Bertz CT molecular complexity index is 626. The summed E-state index contributed by atoms with van der Waals surface area (Å²) in [6.07, 6.45) is 0. The fraction of sp³-hybridized carbons (Fsp3) is 0.188. The van der Waals surface area contributed by atoms with E-state index in [1.165, 1.54) is 5.56 Å². The molecule has 2 rings (SSSR count). The van der Waals surface area contributed by atoms with Gasteiger partial charge in [-0.15, -0.1) is 0 Å². The third-order valence-corrected chi connectivity index (χ3v) is 3.94. The lowest BCUT2D eigenvalue weighted by molar-refractivity contribution is 0.251. The molecule has 0 radical (unpaired) electrons. The SMILES string of the molecule is Cc1ccc(NC(=O)NCc2ccccc2Br)cc1C. The van der Waals surface area contributed by atoms with Crippen LogP contribution in [0, 0.1) is 13.8 Å². The van der Waals surface area contributed by atoms with Crippen LogP contribution in [-0.4, -0.2) is 6.03 Å². The minimum atomic E-state index is -0.205. The van der Waals surface area contributed by atoms with Gasteiger partial charge >= 0.3 is 6.03 Å². The van der Waals surface area contributed by atoms with Crippen molar-refractivity contribution in [3.05, 3.63) is 63.6 Å². The Morgan fingerprint density at radius 2 is 1.85 bits per heavy atom. The first-order valence-electron chi connectivity index (χ1n) is 6.42. The van der Waals surface area contributed by atoms with Crippen LogP contribution in [0.15, 0.2) is 46.9 Å². The number of benzene rings is 2. The molecule has 20 heavy (non-hydrogen) atoms. The summed E-state index contributed by atoms with van der Waals surface area (Å²) >= 11 is 3.46. The number of halogens is 1. The van der Waals surface area contributed by atoms with E-state index in [2.05, 4.69) is 26.6 Å². The summed E-state index contributed by atoms with van der Waals surface area (Å²) < 4.78 is 0.992. The average Bonchev–Trinajstić information content (AvgIpc) is 2.42. The van der Waals surface area contributed by atoms with Crippen LogP contribution in [0.3, 0.4) is 0 Å². The number of urea groups is 1. The highest BCUT2D eigenvalue weighted by Gasteiger charge is 2.04. The Balaban J connectivity index is 1.93. The molecule has 0 bridgehead atoms. The molecular formula is C16H17BrN2O. The minimum Gasteiger partial charge on any atom is -0.334 e. The largest absolute Gasteiger partial charge is 0.334 e. The number of amides is 2. The molecule has 0 aromatic heterocycles. The molecule has 2 aromatic rings. The lowest BCUT2D eigenvalue weighted by Crippen LogP contribution is -2.28. The van der Waals surface area contributed by atoms with Gasteiger partial charge in [-0.3, -0.25) is 0 Å². The first-order chi connectivity index (χ1) is 9.56. The van der Waals surface area contributed by atoms with Crippen molar-refractivity contribution in [1.29, 1.82) is 0 Å². The summed E-state index contributed by atoms with van der Waals surface area (Å²) in [5, 5.41) is 5.68. The Labute approximate surface area is 127 Å². The molecule has 3 nitrogen and oxygen atoms in total. The van der Waals surface area contributed by atoms with E-state index in [0.717, 1.165) is 21.3 Å². The van der Waals surface area contributed by atoms with Crippen LogP contribution in [0.25, 0.3) is 0 Å². The maximum atomic E-state index is 11.9. The summed E-state index contributed by atoms with van der Waals surface area (Å²) in [4.78, 5) is 11.9.